The van der Waals surface area contributed by atoms with E-state index in [-0.39, 0.29) is 23.8 Å². The zero-order valence-electron chi connectivity index (χ0n) is 21.5. The van der Waals surface area contributed by atoms with Crippen molar-refractivity contribution in [1.29, 1.82) is 0 Å². The third-order valence-electron chi connectivity index (χ3n) is 6.99. The number of amides is 2. The van der Waals surface area contributed by atoms with Gasteiger partial charge in [-0.1, -0.05) is 0 Å². The molecule has 10 nitrogen and oxygen atoms in total. The molecule has 1 aliphatic carbocycles. The molecule has 5 heterocycles. The van der Waals surface area contributed by atoms with E-state index in [4.69, 9.17) is 9.72 Å². The predicted octanol–water partition coefficient (Wildman–Crippen LogP) is 4.07. The Hall–Kier alpha value is -4.54. The van der Waals surface area contributed by atoms with E-state index in [1.165, 1.54) is 37.8 Å². The number of imidazole rings is 1. The second-order valence-electron chi connectivity index (χ2n) is 9.83. The van der Waals surface area contributed by atoms with Gasteiger partial charge in [0.15, 0.2) is 17.2 Å². The van der Waals surface area contributed by atoms with Crippen LogP contribution in [-0.4, -0.2) is 44.8 Å². The van der Waals surface area contributed by atoms with Gasteiger partial charge in [-0.2, -0.15) is 0 Å². The lowest BCUT2D eigenvalue weighted by Crippen LogP contribution is -2.24. The number of rotatable bonds is 9. The van der Waals surface area contributed by atoms with Crippen molar-refractivity contribution in [3.05, 3.63) is 71.8 Å². The molecule has 0 spiro atoms. The van der Waals surface area contributed by atoms with Gasteiger partial charge in [-0.15, -0.1) is 0 Å². The lowest BCUT2D eigenvalue weighted by atomic mass is 10.1. The average Bonchev–Trinajstić information content (AvgIpc) is 3.56. The quantitative estimate of drug-likeness (QED) is 0.336. The van der Waals surface area contributed by atoms with E-state index in [0.29, 0.717) is 24.7 Å². The first kappa shape index (κ1) is 24.8. The molecular weight excluding hydrogens is 501 g/mol. The van der Waals surface area contributed by atoms with Crippen molar-refractivity contribution in [2.45, 2.75) is 44.6 Å². The number of nitrogens with zero attached hydrogens (tertiary/aromatic N) is 5. The molecule has 200 valence electrons. The van der Waals surface area contributed by atoms with Crippen molar-refractivity contribution in [3.8, 4) is 5.75 Å². The summed E-state index contributed by atoms with van der Waals surface area (Å²) in [5, 5.41) is 6.01. The summed E-state index contributed by atoms with van der Waals surface area (Å²) in [6.45, 7) is 1.15. The Morgan fingerprint density at radius 3 is 2.79 bits per heavy atom. The molecule has 1 saturated carbocycles. The molecule has 0 atom stereocenters. The Kier molecular flexibility index (Phi) is 6.55. The lowest BCUT2D eigenvalue weighted by Gasteiger charge is -2.17. The molecule has 1 aliphatic heterocycles. The van der Waals surface area contributed by atoms with Gasteiger partial charge in [0.25, 0.3) is 0 Å². The number of nitrogens with one attached hydrogen (secondary N) is 2. The molecule has 2 N–H and O–H groups in total. The molecule has 4 aromatic rings. The van der Waals surface area contributed by atoms with Crippen molar-refractivity contribution < 1.29 is 18.7 Å². The number of halogens is 1. The maximum atomic E-state index is 14.4. The largest absolute Gasteiger partial charge is 0.494 e. The van der Waals surface area contributed by atoms with Crippen LogP contribution in [0.2, 0.25) is 0 Å². The smallest absolute Gasteiger partial charge is 0.231 e. The summed E-state index contributed by atoms with van der Waals surface area (Å²) >= 11 is 0. The van der Waals surface area contributed by atoms with Crippen LogP contribution < -0.4 is 20.3 Å². The van der Waals surface area contributed by atoms with Crippen LogP contribution in [0.15, 0.2) is 49.1 Å². The van der Waals surface area contributed by atoms with Gasteiger partial charge in [0.2, 0.25) is 11.8 Å². The van der Waals surface area contributed by atoms with Crippen molar-refractivity contribution in [3.63, 3.8) is 0 Å². The maximum Gasteiger partial charge on any atom is 0.231 e. The molecule has 2 aliphatic rings. The number of methoxy groups -OCH3 is 1. The number of pyridine rings is 3. The van der Waals surface area contributed by atoms with Gasteiger partial charge in [-0.25, -0.2) is 14.4 Å². The zero-order valence-corrected chi connectivity index (χ0v) is 21.5. The summed E-state index contributed by atoms with van der Waals surface area (Å²) < 4.78 is 21.3. The second-order valence-corrected chi connectivity index (χ2v) is 9.83. The van der Waals surface area contributed by atoms with Crippen LogP contribution in [0.5, 0.6) is 5.75 Å². The van der Waals surface area contributed by atoms with Crippen LogP contribution in [-0.2, 0) is 22.6 Å². The Labute approximate surface area is 224 Å². The highest BCUT2D eigenvalue weighted by Gasteiger charge is 2.29. The summed E-state index contributed by atoms with van der Waals surface area (Å²) in [5.74, 6) is -0.0536. The molecule has 11 heteroatoms. The Morgan fingerprint density at radius 1 is 1.18 bits per heavy atom. The average molecular weight is 530 g/mol. The Morgan fingerprint density at radius 2 is 2.03 bits per heavy atom. The maximum absolute atomic E-state index is 14.4. The molecule has 39 heavy (non-hydrogen) atoms. The van der Waals surface area contributed by atoms with E-state index >= 15 is 0 Å². The number of hydrogen-bond acceptors (Lipinski definition) is 7. The predicted molar refractivity (Wildman–Crippen MR) is 143 cm³/mol. The fourth-order valence-electron chi connectivity index (χ4n) is 4.87. The third kappa shape index (κ3) is 5.25. The Balaban J connectivity index is 1.15. The molecule has 0 bridgehead atoms. The minimum Gasteiger partial charge on any atom is -0.494 e. The molecule has 1 saturated heterocycles. The number of ether oxygens (including phenoxy) is 1. The third-order valence-corrected chi connectivity index (χ3v) is 6.99. The van der Waals surface area contributed by atoms with Gasteiger partial charge in [0.05, 0.1) is 37.2 Å². The summed E-state index contributed by atoms with van der Waals surface area (Å²) in [5.41, 5.74) is 4.44. The summed E-state index contributed by atoms with van der Waals surface area (Å²) in [6.07, 6.45) is 10.6. The van der Waals surface area contributed by atoms with E-state index in [1.54, 1.807) is 18.3 Å². The summed E-state index contributed by atoms with van der Waals surface area (Å²) in [4.78, 5) is 39.8. The molecule has 2 amide bonds. The van der Waals surface area contributed by atoms with Crippen molar-refractivity contribution >= 4 is 34.7 Å². The van der Waals surface area contributed by atoms with Gasteiger partial charge in [-0.3, -0.25) is 14.6 Å². The van der Waals surface area contributed by atoms with Crippen LogP contribution in [0.4, 0.5) is 21.6 Å². The first-order valence-electron chi connectivity index (χ1n) is 13.0. The molecule has 0 unspecified atom stereocenters. The normalized spacial score (nSPS) is 15.1. The highest BCUT2D eigenvalue weighted by molar-refractivity contribution is 5.98. The molecule has 0 aromatic carbocycles. The second kappa shape index (κ2) is 10.3. The van der Waals surface area contributed by atoms with Gasteiger partial charge in [0.1, 0.15) is 5.82 Å². The van der Waals surface area contributed by atoms with Crippen LogP contribution in [0, 0.1) is 5.82 Å². The first-order chi connectivity index (χ1) is 19.0. The lowest BCUT2D eigenvalue weighted by molar-refractivity contribution is -0.117. The molecule has 6 rings (SSSR count). The van der Waals surface area contributed by atoms with Crippen molar-refractivity contribution in [2.24, 2.45) is 0 Å². The highest BCUT2D eigenvalue weighted by Crippen LogP contribution is 2.42. The van der Waals surface area contributed by atoms with Crippen LogP contribution in [0.1, 0.15) is 48.6 Å². The molecular formula is C28H28FN7O3. The van der Waals surface area contributed by atoms with Crippen LogP contribution >= 0.6 is 0 Å². The number of aromatic nitrogens is 4. The summed E-state index contributed by atoms with van der Waals surface area (Å²) in [6, 6.07) is 7.01. The highest BCUT2D eigenvalue weighted by atomic mass is 19.1. The molecule has 2 fully saturated rings. The minimum atomic E-state index is -0.660. The zero-order chi connectivity index (χ0) is 26.9. The minimum absolute atomic E-state index is 0.00665. The molecule has 0 radical (unpaired) electrons. The van der Waals surface area contributed by atoms with Crippen molar-refractivity contribution in [2.75, 3.05) is 29.2 Å². The number of hydrogen-bond donors (Lipinski definition) is 2. The number of fused-ring (bicyclic) bond motifs is 1. The number of carbonyl (C=O) groups excluding carboxylic acids is 2. The van der Waals surface area contributed by atoms with Gasteiger partial charge >= 0.3 is 0 Å². The fourth-order valence-corrected chi connectivity index (χ4v) is 4.87. The SMILES string of the molecule is COc1ccnc(CC(=O)Nc2cc(NCc3cn4cc(C5CC5)cc(N5CCCC5=O)c4n3)ccn2)c1F. The number of carbonyl (C=O) groups is 2. The van der Waals surface area contributed by atoms with Crippen molar-refractivity contribution in [1.82, 2.24) is 19.4 Å². The van der Waals surface area contributed by atoms with Gasteiger partial charge in [-0.05, 0) is 42.9 Å². The summed E-state index contributed by atoms with van der Waals surface area (Å²) in [7, 11) is 1.36. The molecule has 4 aromatic heterocycles. The van der Waals surface area contributed by atoms with E-state index in [0.717, 1.165) is 35.7 Å². The van der Waals surface area contributed by atoms with E-state index in [9.17, 15) is 14.0 Å². The van der Waals surface area contributed by atoms with E-state index in [2.05, 4.69) is 32.9 Å². The monoisotopic (exact) mass is 529 g/mol. The van der Waals surface area contributed by atoms with Gasteiger partial charge in [0, 0.05) is 55.6 Å². The van der Waals surface area contributed by atoms with E-state index < -0.39 is 11.7 Å². The van der Waals surface area contributed by atoms with Crippen LogP contribution in [0.3, 0.4) is 0 Å². The first-order valence-corrected chi connectivity index (χ1v) is 13.0. The van der Waals surface area contributed by atoms with Gasteiger partial charge < -0.3 is 24.7 Å². The Bertz CT molecular complexity index is 1570. The van der Waals surface area contributed by atoms with Crippen LogP contribution in [0.25, 0.3) is 5.65 Å². The van der Waals surface area contributed by atoms with E-state index in [1.807, 2.05) is 15.5 Å². The number of anilines is 3. The standard InChI is InChI=1S/C28H28FN7O3/c1-39-23-7-9-30-21(27(23)29)13-25(37)34-24-12-19(6-8-31-24)32-14-20-16-35-15-18(17-4-5-17)11-22(28(35)33-20)36-10-2-3-26(36)38/h6-9,11-12,15-17H,2-5,10,13-14H2,1H3,(H2,31,32,34,37). The topological polar surface area (TPSA) is 114 Å². The fraction of sp³-hybridized carbons (Fsp3) is 0.321.